The van der Waals surface area contributed by atoms with Crippen molar-refractivity contribution in [2.75, 3.05) is 13.1 Å². The molecule has 3 rings (SSSR count). The third-order valence-electron chi connectivity index (χ3n) is 3.20. The van der Waals surface area contributed by atoms with E-state index < -0.39 is 0 Å². The van der Waals surface area contributed by atoms with Gasteiger partial charge in [-0.15, -0.1) is 0 Å². The summed E-state index contributed by atoms with van der Waals surface area (Å²) in [6, 6.07) is 11.9. The van der Waals surface area contributed by atoms with Crippen molar-refractivity contribution in [1.29, 1.82) is 0 Å². The van der Waals surface area contributed by atoms with Crippen molar-refractivity contribution in [3.8, 4) is 0 Å². The zero-order valence-corrected chi connectivity index (χ0v) is 8.96. The van der Waals surface area contributed by atoms with E-state index in [1.807, 2.05) is 0 Å². The molecule has 15 heavy (non-hydrogen) atoms. The van der Waals surface area contributed by atoms with Gasteiger partial charge in [0, 0.05) is 25.2 Å². The highest BCUT2D eigenvalue weighted by molar-refractivity contribution is 5.75. The van der Waals surface area contributed by atoms with Crippen LogP contribution in [0.25, 0.3) is 5.57 Å². The molecule has 0 saturated carbocycles. The fourth-order valence-electron chi connectivity index (χ4n) is 2.14. The van der Waals surface area contributed by atoms with Gasteiger partial charge < -0.3 is 10.6 Å². The number of hydrogen-bond donors (Lipinski definition) is 2. The molecule has 0 aromatic heterocycles. The van der Waals surface area contributed by atoms with Crippen LogP contribution < -0.4 is 10.6 Å². The summed E-state index contributed by atoms with van der Waals surface area (Å²) in [6.07, 6.45) is 0. The third kappa shape index (κ3) is 1.83. The van der Waals surface area contributed by atoms with Gasteiger partial charge in [-0.05, 0) is 23.6 Å². The molecule has 78 valence electrons. The Morgan fingerprint density at radius 2 is 1.67 bits per heavy atom. The number of benzene rings is 1. The highest BCUT2D eigenvalue weighted by Gasteiger charge is 2.32. The molecule has 2 nitrogen and oxygen atoms in total. The van der Waals surface area contributed by atoms with Crippen LogP contribution >= 0.6 is 0 Å². The first-order valence-corrected chi connectivity index (χ1v) is 5.59. The Kier molecular flexibility index (Phi) is 2.11. The molecule has 2 atom stereocenters. The minimum Gasteiger partial charge on any atom is -0.307 e. The Morgan fingerprint density at radius 3 is 2.20 bits per heavy atom. The van der Waals surface area contributed by atoms with Crippen LogP contribution in [0.5, 0.6) is 0 Å². The van der Waals surface area contributed by atoms with E-state index in [2.05, 4.69) is 47.9 Å². The lowest BCUT2D eigenvalue weighted by atomic mass is 9.96. The van der Waals surface area contributed by atoms with Gasteiger partial charge >= 0.3 is 0 Å². The summed E-state index contributed by atoms with van der Waals surface area (Å²) in [5.41, 5.74) is 4.39. The van der Waals surface area contributed by atoms with Gasteiger partial charge in [0.05, 0.1) is 0 Å². The smallest absolute Gasteiger partial charge is 0.0453 e. The van der Waals surface area contributed by atoms with E-state index in [-0.39, 0.29) is 0 Å². The molecule has 0 aliphatic carbocycles. The zero-order valence-electron chi connectivity index (χ0n) is 8.96. The second-order valence-electron chi connectivity index (χ2n) is 4.38. The van der Waals surface area contributed by atoms with Gasteiger partial charge in [-0.2, -0.15) is 0 Å². The number of rotatable bonds is 3. The Morgan fingerprint density at radius 1 is 1.07 bits per heavy atom. The molecular weight excluding hydrogens is 184 g/mol. The van der Waals surface area contributed by atoms with E-state index in [9.17, 15) is 0 Å². The summed E-state index contributed by atoms with van der Waals surface area (Å²) in [6.45, 7) is 4.54. The van der Waals surface area contributed by atoms with Crippen molar-refractivity contribution < 1.29 is 0 Å². The van der Waals surface area contributed by atoms with Crippen LogP contribution in [0.15, 0.2) is 35.9 Å². The predicted molar refractivity (Wildman–Crippen MR) is 62.6 cm³/mol. The molecule has 2 N–H and O–H groups in total. The van der Waals surface area contributed by atoms with Crippen LogP contribution in [0.3, 0.4) is 0 Å². The molecule has 2 heterocycles. The highest BCUT2D eigenvalue weighted by atomic mass is 15.1. The molecule has 1 aromatic rings. The van der Waals surface area contributed by atoms with E-state index in [0.717, 1.165) is 13.1 Å². The summed E-state index contributed by atoms with van der Waals surface area (Å²) < 4.78 is 0. The largest absolute Gasteiger partial charge is 0.307 e. The van der Waals surface area contributed by atoms with Crippen LogP contribution in [0.1, 0.15) is 12.5 Å². The average Bonchev–Trinajstić information content (AvgIpc) is 3.13. The Balaban J connectivity index is 2.00. The molecule has 2 saturated heterocycles. The van der Waals surface area contributed by atoms with Crippen LogP contribution in [-0.2, 0) is 0 Å². The van der Waals surface area contributed by atoms with Gasteiger partial charge in [0.25, 0.3) is 0 Å². The quantitative estimate of drug-likeness (QED) is 0.724. The van der Waals surface area contributed by atoms with Gasteiger partial charge in [0.1, 0.15) is 0 Å². The lowest BCUT2D eigenvalue weighted by molar-refractivity contribution is 1.07. The second kappa shape index (κ2) is 3.47. The molecule has 0 spiro atoms. The fraction of sp³-hybridized carbons (Fsp3) is 0.385. The van der Waals surface area contributed by atoms with Crippen LogP contribution in [0.4, 0.5) is 0 Å². The van der Waals surface area contributed by atoms with Gasteiger partial charge in [-0.25, -0.2) is 0 Å². The Hall–Kier alpha value is -1.12. The standard InChI is InChI=1S/C13H16N2/c1-9(11-7-14-11)13(12-8-15-12)10-5-3-2-4-6-10/h2-6,11-12,14-15H,7-8H2,1H3/b13-9+. The van der Waals surface area contributed by atoms with Crippen molar-refractivity contribution in [2.24, 2.45) is 0 Å². The lowest BCUT2D eigenvalue weighted by Crippen LogP contribution is -2.04. The summed E-state index contributed by atoms with van der Waals surface area (Å²) in [7, 11) is 0. The Bertz CT molecular complexity index is 386. The van der Waals surface area contributed by atoms with Crippen molar-refractivity contribution in [3.05, 3.63) is 41.5 Å². The molecule has 2 heteroatoms. The maximum absolute atomic E-state index is 3.41. The number of nitrogens with one attached hydrogen (secondary N) is 2. The maximum Gasteiger partial charge on any atom is 0.0453 e. The fourth-order valence-corrected chi connectivity index (χ4v) is 2.14. The first-order chi connectivity index (χ1) is 7.36. The maximum atomic E-state index is 3.41. The SMILES string of the molecule is C/C(=C(/c1ccccc1)C1CN1)C1CN1. The predicted octanol–water partition coefficient (Wildman–Crippen LogP) is 1.40. The summed E-state index contributed by atoms with van der Waals surface area (Å²) >= 11 is 0. The molecule has 2 aliphatic rings. The van der Waals surface area contributed by atoms with Gasteiger partial charge in [-0.3, -0.25) is 0 Å². The molecule has 0 radical (unpaired) electrons. The van der Waals surface area contributed by atoms with Crippen LogP contribution in [-0.4, -0.2) is 25.2 Å². The molecule has 0 amide bonds. The molecule has 0 bridgehead atoms. The highest BCUT2D eigenvalue weighted by Crippen LogP contribution is 2.30. The summed E-state index contributed by atoms with van der Waals surface area (Å²) in [4.78, 5) is 0. The first-order valence-electron chi connectivity index (χ1n) is 5.59. The van der Waals surface area contributed by atoms with Crippen molar-refractivity contribution >= 4 is 5.57 Å². The minimum atomic E-state index is 0.592. The second-order valence-corrected chi connectivity index (χ2v) is 4.38. The van der Waals surface area contributed by atoms with Crippen molar-refractivity contribution in [3.63, 3.8) is 0 Å². The summed E-state index contributed by atoms with van der Waals surface area (Å²) in [5, 5.41) is 6.79. The lowest BCUT2D eigenvalue weighted by Gasteiger charge is -2.10. The molecule has 1 aromatic carbocycles. The minimum absolute atomic E-state index is 0.592. The molecular formula is C13H16N2. The van der Waals surface area contributed by atoms with Crippen LogP contribution in [0.2, 0.25) is 0 Å². The van der Waals surface area contributed by atoms with Crippen molar-refractivity contribution in [2.45, 2.75) is 19.0 Å². The van der Waals surface area contributed by atoms with E-state index in [4.69, 9.17) is 0 Å². The Labute approximate surface area is 90.4 Å². The van der Waals surface area contributed by atoms with E-state index >= 15 is 0 Å². The molecule has 2 aliphatic heterocycles. The van der Waals surface area contributed by atoms with Gasteiger partial charge in [0.15, 0.2) is 0 Å². The normalized spacial score (nSPS) is 29.7. The van der Waals surface area contributed by atoms with E-state index in [0.29, 0.717) is 12.1 Å². The average molecular weight is 200 g/mol. The van der Waals surface area contributed by atoms with E-state index in [1.54, 1.807) is 0 Å². The van der Waals surface area contributed by atoms with Gasteiger partial charge in [-0.1, -0.05) is 30.3 Å². The van der Waals surface area contributed by atoms with E-state index in [1.165, 1.54) is 16.7 Å². The topological polar surface area (TPSA) is 43.9 Å². The molecule has 2 unspecified atom stereocenters. The van der Waals surface area contributed by atoms with Crippen LogP contribution in [0, 0.1) is 0 Å². The first kappa shape index (κ1) is 9.13. The van der Waals surface area contributed by atoms with Crippen molar-refractivity contribution in [1.82, 2.24) is 10.6 Å². The summed E-state index contributed by atoms with van der Waals surface area (Å²) in [5.74, 6) is 0. The molecule has 2 fully saturated rings. The zero-order chi connectivity index (χ0) is 10.3. The number of hydrogen-bond acceptors (Lipinski definition) is 2. The van der Waals surface area contributed by atoms with Gasteiger partial charge in [0.2, 0.25) is 0 Å². The monoisotopic (exact) mass is 200 g/mol. The third-order valence-corrected chi connectivity index (χ3v) is 3.20.